The summed E-state index contributed by atoms with van der Waals surface area (Å²) in [5, 5.41) is 0. The Morgan fingerprint density at radius 1 is 1.00 bits per heavy atom. The molecule has 0 unspecified atom stereocenters. The average Bonchev–Trinajstić information content (AvgIpc) is 2.07. The van der Waals surface area contributed by atoms with Crippen LogP contribution in [0.25, 0.3) is 0 Å². The second kappa shape index (κ2) is 5.56. The van der Waals surface area contributed by atoms with Crippen molar-refractivity contribution in [3.05, 3.63) is 30.3 Å². The van der Waals surface area contributed by atoms with E-state index >= 15 is 0 Å². The monoisotopic (exact) mass is 182 g/mol. The van der Waals surface area contributed by atoms with E-state index in [9.17, 15) is 0 Å². The smallest absolute Gasteiger partial charge is 0.120 e. The number of hydrazine groups is 1. The molecule has 0 aliphatic carbocycles. The van der Waals surface area contributed by atoms with Crippen LogP contribution in [0, 0.1) is 0 Å². The van der Waals surface area contributed by atoms with Gasteiger partial charge in [0.25, 0.3) is 0 Å². The van der Waals surface area contributed by atoms with Gasteiger partial charge in [-0.2, -0.15) is 0 Å². The van der Waals surface area contributed by atoms with E-state index in [2.05, 4.69) is 11.7 Å². The number of ether oxygens (including phenoxy) is 1. The predicted molar refractivity (Wildman–Crippen MR) is 55.2 cm³/mol. The highest BCUT2D eigenvalue weighted by Gasteiger charge is 2.10. The molecule has 0 bridgehead atoms. The lowest BCUT2D eigenvalue weighted by atomic mass is 10.2. The number of hydrogen-bond acceptors (Lipinski definition) is 3. The van der Waals surface area contributed by atoms with Gasteiger partial charge < -0.3 is 4.74 Å². The van der Waals surface area contributed by atoms with Gasteiger partial charge in [-0.3, -0.25) is 11.7 Å². The minimum absolute atomic E-state index is 0.0959. The fraction of sp³-hybridized carbons (Fsp3) is 0.400. The maximum atomic E-state index is 5.60. The second-order valence-electron chi connectivity index (χ2n) is 3.53. The molecule has 1 rings (SSSR count). The lowest BCUT2D eigenvalue weighted by Gasteiger charge is -2.20. The SMILES string of the molecule is CC(C)(C)Oc1ccccc1.NN. The molecule has 1 aromatic carbocycles. The van der Waals surface area contributed by atoms with Crippen molar-refractivity contribution < 1.29 is 4.74 Å². The maximum absolute atomic E-state index is 5.60. The Morgan fingerprint density at radius 3 is 1.85 bits per heavy atom. The van der Waals surface area contributed by atoms with Crippen LogP contribution in [0.5, 0.6) is 5.75 Å². The third-order valence-corrected chi connectivity index (χ3v) is 1.17. The van der Waals surface area contributed by atoms with Gasteiger partial charge in [-0.05, 0) is 32.9 Å². The highest BCUT2D eigenvalue weighted by molar-refractivity contribution is 5.21. The summed E-state index contributed by atoms with van der Waals surface area (Å²) < 4.78 is 5.60. The van der Waals surface area contributed by atoms with Crippen LogP contribution in [0.1, 0.15) is 20.8 Å². The zero-order valence-corrected chi connectivity index (χ0v) is 8.45. The minimum atomic E-state index is -0.0959. The maximum Gasteiger partial charge on any atom is 0.120 e. The summed E-state index contributed by atoms with van der Waals surface area (Å²) in [7, 11) is 0. The molecule has 0 saturated heterocycles. The van der Waals surface area contributed by atoms with E-state index in [0.717, 1.165) is 5.75 Å². The number of para-hydroxylation sites is 1. The van der Waals surface area contributed by atoms with E-state index in [1.807, 2.05) is 51.1 Å². The van der Waals surface area contributed by atoms with Crippen LogP contribution in [0.4, 0.5) is 0 Å². The topological polar surface area (TPSA) is 61.3 Å². The van der Waals surface area contributed by atoms with E-state index in [0.29, 0.717) is 0 Å². The van der Waals surface area contributed by atoms with Gasteiger partial charge >= 0.3 is 0 Å². The molecule has 0 aliphatic rings. The molecule has 0 amide bonds. The van der Waals surface area contributed by atoms with Crippen LogP contribution in [0.2, 0.25) is 0 Å². The number of nitrogens with two attached hydrogens (primary N) is 2. The predicted octanol–water partition coefficient (Wildman–Crippen LogP) is 1.68. The normalized spacial score (nSPS) is 9.92. The van der Waals surface area contributed by atoms with Crippen molar-refractivity contribution in [3.8, 4) is 5.75 Å². The zero-order valence-electron chi connectivity index (χ0n) is 8.45. The van der Waals surface area contributed by atoms with E-state index in [1.54, 1.807) is 0 Å². The van der Waals surface area contributed by atoms with Crippen LogP contribution in [-0.4, -0.2) is 5.60 Å². The van der Waals surface area contributed by atoms with Gasteiger partial charge in [0.15, 0.2) is 0 Å². The molecule has 13 heavy (non-hydrogen) atoms. The molecule has 0 radical (unpaired) electrons. The highest BCUT2D eigenvalue weighted by atomic mass is 16.5. The molecular formula is C10H18N2O. The second-order valence-corrected chi connectivity index (χ2v) is 3.53. The van der Waals surface area contributed by atoms with Gasteiger partial charge in [0.1, 0.15) is 11.4 Å². The molecule has 1 aromatic rings. The summed E-state index contributed by atoms with van der Waals surface area (Å²) in [4.78, 5) is 0. The molecule has 0 aliphatic heterocycles. The van der Waals surface area contributed by atoms with Crippen LogP contribution < -0.4 is 16.4 Å². The molecule has 0 spiro atoms. The summed E-state index contributed by atoms with van der Waals surface area (Å²) in [6.07, 6.45) is 0. The Hall–Kier alpha value is -1.06. The first kappa shape index (κ1) is 11.9. The van der Waals surface area contributed by atoms with Crippen molar-refractivity contribution in [2.24, 2.45) is 11.7 Å². The van der Waals surface area contributed by atoms with Crippen molar-refractivity contribution in [2.45, 2.75) is 26.4 Å². The molecule has 0 atom stereocenters. The van der Waals surface area contributed by atoms with Crippen molar-refractivity contribution in [2.75, 3.05) is 0 Å². The molecule has 3 nitrogen and oxygen atoms in total. The summed E-state index contributed by atoms with van der Waals surface area (Å²) in [6, 6.07) is 9.86. The Labute approximate surface area is 79.7 Å². The summed E-state index contributed by atoms with van der Waals surface area (Å²) in [6.45, 7) is 6.12. The quantitative estimate of drug-likeness (QED) is 0.513. The Morgan fingerprint density at radius 2 is 1.46 bits per heavy atom. The molecular weight excluding hydrogens is 164 g/mol. The van der Waals surface area contributed by atoms with Crippen molar-refractivity contribution >= 4 is 0 Å². The summed E-state index contributed by atoms with van der Waals surface area (Å²) in [5.41, 5.74) is -0.0959. The van der Waals surface area contributed by atoms with Gasteiger partial charge in [-0.1, -0.05) is 18.2 Å². The van der Waals surface area contributed by atoms with E-state index < -0.39 is 0 Å². The van der Waals surface area contributed by atoms with Gasteiger partial charge in [0.05, 0.1) is 0 Å². The van der Waals surface area contributed by atoms with Crippen LogP contribution in [0.15, 0.2) is 30.3 Å². The standard InChI is InChI=1S/C10H14O.H4N2/c1-10(2,3)11-9-7-5-4-6-8-9;1-2/h4-8H,1-3H3;1-2H2. The van der Waals surface area contributed by atoms with Gasteiger partial charge in [0.2, 0.25) is 0 Å². The van der Waals surface area contributed by atoms with E-state index in [1.165, 1.54) is 0 Å². The fourth-order valence-corrected chi connectivity index (χ4v) is 0.842. The largest absolute Gasteiger partial charge is 0.488 e. The Bertz CT molecular complexity index is 216. The third kappa shape index (κ3) is 6.13. The summed E-state index contributed by atoms with van der Waals surface area (Å²) in [5.74, 6) is 8.93. The van der Waals surface area contributed by atoms with Crippen molar-refractivity contribution in [1.29, 1.82) is 0 Å². The van der Waals surface area contributed by atoms with Gasteiger partial charge in [-0.25, -0.2) is 0 Å². The van der Waals surface area contributed by atoms with Crippen LogP contribution >= 0.6 is 0 Å². The van der Waals surface area contributed by atoms with Crippen molar-refractivity contribution in [3.63, 3.8) is 0 Å². The molecule has 4 N–H and O–H groups in total. The fourth-order valence-electron chi connectivity index (χ4n) is 0.842. The lowest BCUT2D eigenvalue weighted by molar-refractivity contribution is 0.131. The Kier molecular flexibility index (Phi) is 5.11. The van der Waals surface area contributed by atoms with Gasteiger partial charge in [0, 0.05) is 0 Å². The molecule has 0 saturated carbocycles. The first-order valence-corrected chi connectivity index (χ1v) is 4.15. The first-order chi connectivity index (χ1) is 6.08. The number of rotatable bonds is 1. The Balaban J connectivity index is 0.000000671. The zero-order chi connectivity index (χ0) is 10.3. The van der Waals surface area contributed by atoms with Crippen LogP contribution in [0.3, 0.4) is 0 Å². The highest BCUT2D eigenvalue weighted by Crippen LogP contribution is 2.16. The molecule has 3 heteroatoms. The molecule has 0 aromatic heterocycles. The average molecular weight is 182 g/mol. The van der Waals surface area contributed by atoms with Crippen LogP contribution in [-0.2, 0) is 0 Å². The van der Waals surface area contributed by atoms with Gasteiger partial charge in [-0.15, -0.1) is 0 Å². The summed E-state index contributed by atoms with van der Waals surface area (Å²) >= 11 is 0. The van der Waals surface area contributed by atoms with E-state index in [-0.39, 0.29) is 5.60 Å². The molecule has 0 heterocycles. The molecule has 0 fully saturated rings. The number of benzene rings is 1. The first-order valence-electron chi connectivity index (χ1n) is 4.15. The lowest BCUT2D eigenvalue weighted by Crippen LogP contribution is -2.22. The minimum Gasteiger partial charge on any atom is -0.488 e. The third-order valence-electron chi connectivity index (χ3n) is 1.17. The van der Waals surface area contributed by atoms with Crippen molar-refractivity contribution in [1.82, 2.24) is 0 Å². The number of hydrogen-bond donors (Lipinski definition) is 2. The van der Waals surface area contributed by atoms with E-state index in [4.69, 9.17) is 4.74 Å². The molecule has 74 valence electrons.